The van der Waals surface area contributed by atoms with E-state index in [9.17, 15) is 5.11 Å². The van der Waals surface area contributed by atoms with E-state index < -0.39 is 6.10 Å². The Hall–Kier alpha value is -1.33. The number of benzene rings is 1. The summed E-state index contributed by atoms with van der Waals surface area (Å²) in [6.07, 6.45) is 0.0355. The Morgan fingerprint density at radius 1 is 1.33 bits per heavy atom. The predicted molar refractivity (Wildman–Crippen MR) is 47.5 cm³/mol. The number of hydrogen-bond acceptors (Lipinski definition) is 1. The van der Waals surface area contributed by atoms with Gasteiger partial charge in [0.15, 0.2) is 0 Å². The maximum absolute atomic E-state index is 9.51. The fourth-order valence-electron chi connectivity index (χ4n) is 1.03. The SMILES string of the molecule is [C-]#[N+]CCC(O)c1ccccc1. The van der Waals surface area contributed by atoms with E-state index in [1.165, 1.54) is 0 Å². The van der Waals surface area contributed by atoms with Crippen molar-refractivity contribution in [2.75, 3.05) is 6.54 Å². The molecule has 0 aliphatic rings. The molecule has 0 amide bonds. The van der Waals surface area contributed by atoms with Gasteiger partial charge in [0.05, 0.1) is 12.5 Å². The van der Waals surface area contributed by atoms with Crippen molar-refractivity contribution < 1.29 is 5.11 Å². The van der Waals surface area contributed by atoms with Gasteiger partial charge < -0.3 is 9.95 Å². The van der Waals surface area contributed by atoms with Gasteiger partial charge in [-0.05, 0) is 5.56 Å². The lowest BCUT2D eigenvalue weighted by molar-refractivity contribution is 0.172. The molecule has 2 nitrogen and oxygen atoms in total. The zero-order valence-electron chi connectivity index (χ0n) is 6.77. The first-order valence-corrected chi connectivity index (χ1v) is 3.91. The van der Waals surface area contributed by atoms with Crippen LogP contribution in [0.2, 0.25) is 0 Å². The van der Waals surface area contributed by atoms with E-state index in [0.717, 1.165) is 5.56 Å². The van der Waals surface area contributed by atoms with Crippen molar-refractivity contribution in [1.29, 1.82) is 0 Å². The third-order valence-corrected chi connectivity index (χ3v) is 1.70. The van der Waals surface area contributed by atoms with Gasteiger partial charge >= 0.3 is 0 Å². The number of aliphatic hydroxyl groups excluding tert-OH is 1. The van der Waals surface area contributed by atoms with Gasteiger partial charge in [-0.1, -0.05) is 30.3 Å². The van der Waals surface area contributed by atoms with E-state index in [2.05, 4.69) is 4.85 Å². The van der Waals surface area contributed by atoms with E-state index in [4.69, 9.17) is 6.57 Å². The average molecular weight is 161 g/mol. The predicted octanol–water partition coefficient (Wildman–Crippen LogP) is 2.03. The Morgan fingerprint density at radius 2 is 2.00 bits per heavy atom. The highest BCUT2D eigenvalue weighted by Gasteiger charge is 2.06. The Labute approximate surface area is 72.3 Å². The van der Waals surface area contributed by atoms with Crippen LogP contribution in [0.4, 0.5) is 0 Å². The van der Waals surface area contributed by atoms with Crippen LogP contribution < -0.4 is 0 Å². The topological polar surface area (TPSA) is 24.6 Å². The molecule has 1 N–H and O–H groups in total. The fourth-order valence-corrected chi connectivity index (χ4v) is 1.03. The molecule has 2 heteroatoms. The van der Waals surface area contributed by atoms with Gasteiger partial charge in [0.2, 0.25) is 6.54 Å². The molecular weight excluding hydrogens is 150 g/mol. The van der Waals surface area contributed by atoms with Gasteiger partial charge in [0, 0.05) is 0 Å². The zero-order valence-corrected chi connectivity index (χ0v) is 6.77. The second kappa shape index (κ2) is 4.53. The maximum atomic E-state index is 9.51. The summed E-state index contributed by atoms with van der Waals surface area (Å²) in [4.78, 5) is 3.19. The second-order valence-corrected chi connectivity index (χ2v) is 2.60. The van der Waals surface area contributed by atoms with E-state index >= 15 is 0 Å². The molecule has 0 aromatic heterocycles. The van der Waals surface area contributed by atoms with Crippen LogP contribution in [-0.2, 0) is 0 Å². The summed E-state index contributed by atoms with van der Waals surface area (Å²) >= 11 is 0. The quantitative estimate of drug-likeness (QED) is 0.674. The fraction of sp³-hybridized carbons (Fsp3) is 0.300. The van der Waals surface area contributed by atoms with Crippen molar-refractivity contribution in [3.8, 4) is 0 Å². The van der Waals surface area contributed by atoms with Gasteiger partial charge in [0.25, 0.3) is 0 Å². The van der Waals surface area contributed by atoms with Crippen LogP contribution in [0.25, 0.3) is 4.85 Å². The monoisotopic (exact) mass is 161 g/mol. The summed E-state index contributed by atoms with van der Waals surface area (Å²) in [6, 6.07) is 9.42. The van der Waals surface area contributed by atoms with Crippen LogP contribution in [0.5, 0.6) is 0 Å². The largest absolute Gasteiger partial charge is 0.388 e. The minimum atomic E-state index is -0.486. The van der Waals surface area contributed by atoms with Crippen LogP contribution in [0.3, 0.4) is 0 Å². The van der Waals surface area contributed by atoms with Crippen LogP contribution in [0.15, 0.2) is 30.3 Å². The van der Waals surface area contributed by atoms with Crippen LogP contribution in [0, 0.1) is 6.57 Å². The highest BCUT2D eigenvalue weighted by atomic mass is 16.3. The minimum Gasteiger partial charge on any atom is -0.388 e. The summed E-state index contributed by atoms with van der Waals surface area (Å²) in [6.45, 7) is 6.96. The number of aliphatic hydroxyl groups is 1. The lowest BCUT2D eigenvalue weighted by Gasteiger charge is -2.05. The van der Waals surface area contributed by atoms with E-state index in [1.54, 1.807) is 0 Å². The average Bonchev–Trinajstić information content (AvgIpc) is 2.15. The van der Waals surface area contributed by atoms with Crippen molar-refractivity contribution in [1.82, 2.24) is 0 Å². The molecule has 0 aliphatic heterocycles. The van der Waals surface area contributed by atoms with Crippen molar-refractivity contribution in [3.63, 3.8) is 0 Å². The molecule has 1 atom stereocenters. The van der Waals surface area contributed by atoms with Crippen molar-refractivity contribution in [2.24, 2.45) is 0 Å². The molecule has 0 radical (unpaired) electrons. The number of nitrogens with zero attached hydrogens (tertiary/aromatic N) is 1. The Balaban J connectivity index is 2.55. The smallest absolute Gasteiger partial charge is 0.217 e. The second-order valence-electron chi connectivity index (χ2n) is 2.60. The first kappa shape index (κ1) is 8.76. The molecule has 1 rings (SSSR count). The molecule has 0 fully saturated rings. The van der Waals surface area contributed by atoms with E-state index in [0.29, 0.717) is 13.0 Å². The van der Waals surface area contributed by atoms with Crippen LogP contribution >= 0.6 is 0 Å². The Morgan fingerprint density at radius 3 is 2.58 bits per heavy atom. The number of rotatable bonds is 3. The van der Waals surface area contributed by atoms with E-state index in [-0.39, 0.29) is 0 Å². The molecular formula is C10H11NO. The lowest BCUT2D eigenvalue weighted by atomic mass is 10.1. The molecule has 1 unspecified atom stereocenters. The highest BCUT2D eigenvalue weighted by molar-refractivity contribution is 5.17. The van der Waals surface area contributed by atoms with Crippen molar-refractivity contribution >= 4 is 0 Å². The van der Waals surface area contributed by atoms with Crippen molar-refractivity contribution in [3.05, 3.63) is 47.3 Å². The molecule has 0 aliphatic carbocycles. The molecule has 0 bridgehead atoms. The molecule has 1 aromatic carbocycles. The molecule has 0 saturated carbocycles. The van der Waals surface area contributed by atoms with Crippen LogP contribution in [0.1, 0.15) is 18.1 Å². The summed E-state index contributed by atoms with van der Waals surface area (Å²) in [7, 11) is 0. The summed E-state index contributed by atoms with van der Waals surface area (Å²) < 4.78 is 0. The molecule has 0 heterocycles. The standard InChI is InChI=1S/C10H11NO/c1-11-8-7-10(12)9-5-3-2-4-6-9/h2-6,10,12H,7-8H2. The van der Waals surface area contributed by atoms with E-state index in [1.807, 2.05) is 30.3 Å². The first-order chi connectivity index (χ1) is 5.84. The molecule has 62 valence electrons. The normalized spacial score (nSPS) is 12.0. The highest BCUT2D eigenvalue weighted by Crippen LogP contribution is 2.15. The van der Waals surface area contributed by atoms with Crippen molar-refractivity contribution in [2.45, 2.75) is 12.5 Å². The molecule has 0 saturated heterocycles. The lowest BCUT2D eigenvalue weighted by Crippen LogP contribution is -1.97. The minimum absolute atomic E-state index is 0.385. The van der Waals surface area contributed by atoms with Gasteiger partial charge in [-0.3, -0.25) is 0 Å². The third kappa shape index (κ3) is 2.37. The van der Waals surface area contributed by atoms with Gasteiger partial charge in [-0.25, -0.2) is 6.57 Å². The number of hydrogen-bond donors (Lipinski definition) is 1. The summed E-state index contributed by atoms with van der Waals surface area (Å²) in [5.41, 5.74) is 0.890. The zero-order chi connectivity index (χ0) is 8.81. The molecule has 0 spiro atoms. The Kier molecular flexibility index (Phi) is 3.31. The third-order valence-electron chi connectivity index (χ3n) is 1.70. The Bertz CT molecular complexity index is 263. The molecule has 1 aromatic rings. The summed E-state index contributed by atoms with van der Waals surface area (Å²) in [5, 5.41) is 9.51. The van der Waals surface area contributed by atoms with Gasteiger partial charge in [-0.2, -0.15) is 0 Å². The maximum Gasteiger partial charge on any atom is 0.217 e. The van der Waals surface area contributed by atoms with Gasteiger partial charge in [-0.15, -0.1) is 0 Å². The van der Waals surface area contributed by atoms with Crippen LogP contribution in [-0.4, -0.2) is 11.7 Å². The first-order valence-electron chi connectivity index (χ1n) is 3.91. The van der Waals surface area contributed by atoms with Gasteiger partial charge in [0.1, 0.15) is 0 Å². The summed E-state index contributed by atoms with van der Waals surface area (Å²) in [5.74, 6) is 0. The molecule has 12 heavy (non-hydrogen) atoms.